The van der Waals surface area contributed by atoms with Crippen LogP contribution in [0.15, 0.2) is 36.5 Å². The molecule has 2 fully saturated rings. The lowest BCUT2D eigenvalue weighted by molar-refractivity contribution is -0.377. The summed E-state index contributed by atoms with van der Waals surface area (Å²) in [6, 6.07) is 0. The predicted molar refractivity (Wildman–Crippen MR) is 319 cm³/mol. The third kappa shape index (κ3) is 36.8. The molecule has 0 bridgehead atoms. The van der Waals surface area contributed by atoms with Gasteiger partial charge in [-0.3, -0.25) is 14.4 Å². The molecule has 2 saturated heterocycles. The smallest absolute Gasteiger partial charge is 0.306 e. The molecule has 0 aliphatic carbocycles. The van der Waals surface area contributed by atoms with Gasteiger partial charge >= 0.3 is 17.9 Å². The van der Waals surface area contributed by atoms with E-state index in [1.54, 1.807) is 0 Å². The van der Waals surface area contributed by atoms with Crippen LogP contribution in [0, 0.1) is 0 Å². The summed E-state index contributed by atoms with van der Waals surface area (Å²) in [5.41, 5.74) is 0. The van der Waals surface area contributed by atoms with Crippen molar-refractivity contribution in [1.29, 1.82) is 0 Å². The minimum Gasteiger partial charge on any atom is -0.463 e. The van der Waals surface area contributed by atoms with Crippen molar-refractivity contribution < 1.29 is 68.3 Å². The van der Waals surface area contributed by atoms with Crippen LogP contribution in [0.3, 0.4) is 0 Å². The Morgan fingerprint density at radius 3 is 0.975 bits per heavy atom. The van der Waals surface area contributed by atoms with Gasteiger partial charge in [0, 0.05) is 19.3 Å². The van der Waals surface area contributed by atoms with Crippen molar-refractivity contribution in [1.82, 2.24) is 0 Å². The number of hydrogen-bond donors (Lipinski definition) is 5. The van der Waals surface area contributed by atoms with E-state index in [0.717, 1.165) is 116 Å². The Morgan fingerprint density at radius 2 is 0.625 bits per heavy atom. The first-order valence-corrected chi connectivity index (χ1v) is 32.9. The molecular weight excluding hydrogens is 1020 g/mol. The third-order valence-corrected chi connectivity index (χ3v) is 15.6. The summed E-state index contributed by atoms with van der Waals surface area (Å²) in [6.45, 7) is 5.80. The van der Waals surface area contributed by atoms with E-state index < -0.39 is 92.5 Å². The van der Waals surface area contributed by atoms with E-state index in [0.29, 0.717) is 19.3 Å². The molecule has 10 atom stereocenters. The van der Waals surface area contributed by atoms with E-state index in [1.807, 2.05) is 0 Å². The fourth-order valence-corrected chi connectivity index (χ4v) is 10.3. The van der Waals surface area contributed by atoms with E-state index >= 15 is 0 Å². The average molecular weight is 1140 g/mol. The average Bonchev–Trinajstić information content (AvgIpc) is 3.45. The zero-order valence-electron chi connectivity index (χ0n) is 50.8. The molecule has 14 heteroatoms. The summed E-state index contributed by atoms with van der Waals surface area (Å²) in [5, 5.41) is 55.6. The van der Waals surface area contributed by atoms with E-state index in [9.17, 15) is 39.9 Å². The van der Waals surface area contributed by atoms with Crippen LogP contribution in [0.25, 0.3) is 0 Å². The van der Waals surface area contributed by atoms with Crippen LogP contribution < -0.4 is 0 Å². The van der Waals surface area contributed by atoms with Gasteiger partial charge in [-0.05, 0) is 96.3 Å². The Morgan fingerprint density at radius 1 is 0.338 bits per heavy atom. The Hall–Kier alpha value is -2.69. The molecule has 0 spiro atoms. The lowest BCUT2D eigenvalue weighted by Crippen LogP contribution is -2.64. The highest BCUT2D eigenvalue weighted by molar-refractivity contribution is 5.70. The number of rotatable bonds is 52. The molecular formula is C66H118O14. The molecule has 80 heavy (non-hydrogen) atoms. The second-order valence-electron chi connectivity index (χ2n) is 23.0. The summed E-state index contributed by atoms with van der Waals surface area (Å²) >= 11 is 0. The molecule has 14 nitrogen and oxygen atoms in total. The van der Waals surface area contributed by atoms with E-state index in [1.165, 1.54) is 116 Å². The maximum Gasteiger partial charge on any atom is 0.306 e. The van der Waals surface area contributed by atoms with Crippen LogP contribution in [-0.2, 0) is 42.8 Å². The minimum absolute atomic E-state index is 0.0273. The number of aliphatic hydroxyl groups excluding tert-OH is 5. The van der Waals surface area contributed by atoms with Crippen LogP contribution in [-0.4, -0.2) is 118 Å². The number of unbranched alkanes of at least 4 members (excludes halogenated alkanes) is 33. The maximum atomic E-state index is 13.3. The summed E-state index contributed by atoms with van der Waals surface area (Å²) in [7, 11) is 0. The van der Waals surface area contributed by atoms with Crippen molar-refractivity contribution in [2.75, 3.05) is 13.2 Å². The van der Waals surface area contributed by atoms with Gasteiger partial charge in [-0.1, -0.05) is 211 Å². The normalized spacial score (nSPS) is 23.4. The molecule has 0 saturated carbocycles. The number of hydrogen-bond acceptors (Lipinski definition) is 14. The molecule has 5 N–H and O–H groups in total. The highest BCUT2D eigenvalue weighted by atomic mass is 16.8. The second-order valence-corrected chi connectivity index (χ2v) is 23.0. The minimum atomic E-state index is -1.85. The molecule has 2 heterocycles. The molecule has 466 valence electrons. The predicted octanol–water partition coefficient (Wildman–Crippen LogP) is 14.4. The van der Waals surface area contributed by atoms with Gasteiger partial charge in [-0.25, -0.2) is 0 Å². The van der Waals surface area contributed by atoms with Gasteiger partial charge in [0.1, 0.15) is 55.9 Å². The molecule has 0 aromatic rings. The third-order valence-electron chi connectivity index (χ3n) is 15.6. The fourth-order valence-electron chi connectivity index (χ4n) is 10.3. The molecule has 0 amide bonds. The van der Waals surface area contributed by atoms with Crippen molar-refractivity contribution in [3.05, 3.63) is 36.5 Å². The number of aliphatic hydroxyl groups is 5. The van der Waals surface area contributed by atoms with Gasteiger partial charge in [0.25, 0.3) is 0 Å². The number of carbonyl (C=O) groups is 3. The molecule has 0 unspecified atom stereocenters. The van der Waals surface area contributed by atoms with E-state index in [2.05, 4.69) is 57.2 Å². The van der Waals surface area contributed by atoms with Crippen molar-refractivity contribution in [3.8, 4) is 0 Å². The van der Waals surface area contributed by atoms with Gasteiger partial charge in [-0.15, -0.1) is 0 Å². The number of ether oxygens (including phenoxy) is 6. The summed E-state index contributed by atoms with van der Waals surface area (Å²) < 4.78 is 34.6. The Bertz CT molecular complexity index is 1570. The van der Waals surface area contributed by atoms with E-state index in [4.69, 9.17) is 28.4 Å². The quantitative estimate of drug-likeness (QED) is 0.0166. The molecule has 2 aliphatic rings. The molecule has 0 radical (unpaired) electrons. The maximum absolute atomic E-state index is 13.3. The number of esters is 3. The van der Waals surface area contributed by atoms with Gasteiger partial charge in [0.05, 0.1) is 0 Å². The monoisotopic (exact) mass is 1130 g/mol. The molecule has 2 aliphatic heterocycles. The van der Waals surface area contributed by atoms with Crippen molar-refractivity contribution in [3.63, 3.8) is 0 Å². The molecule has 0 aromatic carbocycles. The number of allylic oxidation sites excluding steroid dienone is 6. The fraction of sp³-hybridized carbons (Fsp3) is 0.864. The highest BCUT2D eigenvalue weighted by Gasteiger charge is 2.52. The number of carbonyl (C=O) groups excluding carboxylic acids is 3. The second kappa shape index (κ2) is 50.8. The molecule has 0 aromatic heterocycles. The van der Waals surface area contributed by atoms with Crippen molar-refractivity contribution in [2.45, 2.75) is 352 Å². The van der Waals surface area contributed by atoms with Gasteiger partial charge in [0.2, 0.25) is 6.29 Å². The summed E-state index contributed by atoms with van der Waals surface area (Å²) in [6.07, 6.45) is 41.2. The van der Waals surface area contributed by atoms with Crippen LogP contribution in [0.2, 0.25) is 0 Å². The van der Waals surface area contributed by atoms with Crippen LogP contribution in [0.4, 0.5) is 0 Å². The van der Waals surface area contributed by atoms with Crippen LogP contribution in [0.1, 0.15) is 290 Å². The zero-order valence-corrected chi connectivity index (χ0v) is 50.8. The van der Waals surface area contributed by atoms with Crippen molar-refractivity contribution in [2.24, 2.45) is 0 Å². The first-order valence-electron chi connectivity index (χ1n) is 32.9. The summed E-state index contributed by atoms with van der Waals surface area (Å²) in [4.78, 5) is 38.9. The zero-order chi connectivity index (χ0) is 58.1. The topological polar surface area (TPSA) is 208 Å². The van der Waals surface area contributed by atoms with Gasteiger partial charge < -0.3 is 54.0 Å². The highest BCUT2D eigenvalue weighted by Crippen LogP contribution is 2.31. The van der Waals surface area contributed by atoms with Crippen LogP contribution in [0.5, 0.6) is 0 Å². The Balaban J connectivity index is 1.89. The van der Waals surface area contributed by atoms with Gasteiger partial charge in [-0.2, -0.15) is 0 Å². The van der Waals surface area contributed by atoms with Crippen molar-refractivity contribution >= 4 is 17.9 Å². The van der Waals surface area contributed by atoms with Gasteiger partial charge in [0.15, 0.2) is 12.4 Å². The molecule has 2 rings (SSSR count). The Labute approximate surface area is 486 Å². The first-order chi connectivity index (χ1) is 39.0. The standard InChI is InChI=1S/C66H118O14/c1-4-7-10-13-16-19-22-25-28-31-34-37-40-43-46-49-56(67)75-52-54-59(70)61(72)63(74)65(77-54)80-66-64(79-58(69)51-48-45-42-39-36-33-30-27-24-21-18-15-12-9-6-3)62(73)60(71)55(78-66)53-76-57(68)50-47-44-41-38-35-32-29-26-23-20-17-14-11-8-5-2/h25-30,54-55,59-66,70-74H,4-24,31-53H2,1-3H3/b28-25-,29-26-,30-27-/t54-,55-,59-,60-,61+,62+,63-,64-,65-,66-/m1/s1. The lowest BCUT2D eigenvalue weighted by Gasteiger charge is -2.45. The van der Waals surface area contributed by atoms with E-state index in [-0.39, 0.29) is 19.3 Å². The Kier molecular flexibility index (Phi) is 46.6. The largest absolute Gasteiger partial charge is 0.463 e. The summed E-state index contributed by atoms with van der Waals surface area (Å²) in [5.74, 6) is -1.67. The van der Waals surface area contributed by atoms with Crippen LogP contribution >= 0.6 is 0 Å². The first kappa shape index (κ1) is 73.4. The SMILES string of the molecule is CCCCCCCC/C=C\CCCCCCCC(=O)OC[C@H]1O[C@H](O[C@H]2O[C@H](COC(=O)CCCCCCC/C=C\CCCCCCCC)[C@@H](O)[C@H](O)[C@H]2OC(=O)CCCCCCC/C=C\CCCCCCCC)[C@H](O)[C@@H](O)[C@@H]1O. The lowest BCUT2D eigenvalue weighted by atomic mass is 9.98.